The molecule has 0 saturated carbocycles. The summed E-state index contributed by atoms with van der Waals surface area (Å²) in [5.74, 6) is -0.384. The van der Waals surface area contributed by atoms with Crippen molar-refractivity contribution in [2.75, 3.05) is 11.1 Å². The van der Waals surface area contributed by atoms with E-state index >= 15 is 0 Å². The van der Waals surface area contributed by atoms with Crippen molar-refractivity contribution in [2.24, 2.45) is 7.05 Å². The number of benzene rings is 1. The Labute approximate surface area is 102 Å². The molecule has 0 spiro atoms. The first-order valence-electron chi connectivity index (χ1n) is 4.79. The van der Waals surface area contributed by atoms with Gasteiger partial charge in [0, 0.05) is 7.05 Å². The largest absolute Gasteiger partial charge is 0.397 e. The van der Waals surface area contributed by atoms with E-state index in [1.165, 1.54) is 10.9 Å². The molecule has 1 aromatic carbocycles. The molecule has 3 N–H and O–H groups in total. The highest BCUT2D eigenvalue weighted by Crippen LogP contribution is 2.27. The summed E-state index contributed by atoms with van der Waals surface area (Å²) in [7, 11) is 1.68. The highest BCUT2D eigenvalue weighted by molar-refractivity contribution is 6.36. The molecule has 2 rings (SSSR count). The van der Waals surface area contributed by atoms with E-state index in [1.54, 1.807) is 25.2 Å². The van der Waals surface area contributed by atoms with Crippen LogP contribution in [0.5, 0.6) is 0 Å². The minimum absolute atomic E-state index is 0.214. The SMILES string of the molecule is Cn1cc(C(=O)Nc2cccc(N)c2Cl)nn1. The smallest absolute Gasteiger partial charge is 0.277 e. The minimum atomic E-state index is -0.384. The fraction of sp³-hybridized carbons (Fsp3) is 0.100. The lowest BCUT2D eigenvalue weighted by molar-refractivity contribution is 0.102. The first-order chi connectivity index (χ1) is 8.08. The van der Waals surface area contributed by atoms with E-state index in [0.29, 0.717) is 16.4 Å². The number of hydrogen-bond acceptors (Lipinski definition) is 4. The number of rotatable bonds is 2. The van der Waals surface area contributed by atoms with Gasteiger partial charge in [0.25, 0.3) is 5.91 Å². The minimum Gasteiger partial charge on any atom is -0.397 e. The standard InChI is InChI=1S/C10H10ClN5O/c1-16-5-8(14-15-16)10(17)13-7-4-2-3-6(12)9(7)11/h2-5H,12H2,1H3,(H,13,17). The Kier molecular flexibility index (Phi) is 2.97. The van der Waals surface area contributed by atoms with E-state index in [-0.39, 0.29) is 11.6 Å². The molecule has 1 amide bonds. The summed E-state index contributed by atoms with van der Waals surface area (Å²) < 4.78 is 1.44. The summed E-state index contributed by atoms with van der Waals surface area (Å²) in [6.07, 6.45) is 1.51. The van der Waals surface area contributed by atoms with E-state index in [9.17, 15) is 4.79 Å². The van der Waals surface area contributed by atoms with Crippen molar-refractivity contribution in [1.82, 2.24) is 15.0 Å². The molecule has 0 fully saturated rings. The molecule has 17 heavy (non-hydrogen) atoms. The van der Waals surface area contributed by atoms with Crippen LogP contribution in [0.3, 0.4) is 0 Å². The van der Waals surface area contributed by atoms with Crippen LogP contribution in [-0.2, 0) is 7.05 Å². The number of carbonyl (C=O) groups is 1. The lowest BCUT2D eigenvalue weighted by Gasteiger charge is -2.06. The molecule has 2 aromatic rings. The second-order valence-corrected chi connectivity index (χ2v) is 3.82. The Balaban J connectivity index is 2.21. The molecule has 1 aromatic heterocycles. The van der Waals surface area contributed by atoms with E-state index in [1.807, 2.05) is 0 Å². The molecule has 0 unspecified atom stereocenters. The van der Waals surface area contributed by atoms with Crippen molar-refractivity contribution in [3.63, 3.8) is 0 Å². The number of anilines is 2. The summed E-state index contributed by atoms with van der Waals surface area (Å²) in [4.78, 5) is 11.8. The third kappa shape index (κ3) is 2.36. The number of halogens is 1. The van der Waals surface area contributed by atoms with Crippen molar-refractivity contribution in [3.8, 4) is 0 Å². The van der Waals surface area contributed by atoms with E-state index in [2.05, 4.69) is 15.6 Å². The van der Waals surface area contributed by atoms with Gasteiger partial charge < -0.3 is 11.1 Å². The average Bonchev–Trinajstić information content (AvgIpc) is 2.72. The predicted molar refractivity (Wildman–Crippen MR) is 64.8 cm³/mol. The summed E-state index contributed by atoms with van der Waals surface area (Å²) in [6, 6.07) is 5.01. The van der Waals surface area contributed by atoms with Gasteiger partial charge in [-0.1, -0.05) is 22.9 Å². The Morgan fingerprint density at radius 3 is 2.94 bits per heavy atom. The maximum absolute atomic E-state index is 11.8. The Morgan fingerprint density at radius 2 is 2.29 bits per heavy atom. The predicted octanol–water partition coefficient (Wildman–Crippen LogP) is 1.30. The molecular formula is C10H10ClN5O. The maximum Gasteiger partial charge on any atom is 0.277 e. The van der Waals surface area contributed by atoms with Crippen LogP contribution in [0.1, 0.15) is 10.5 Å². The number of nitrogen functional groups attached to an aromatic ring is 1. The van der Waals surface area contributed by atoms with E-state index in [0.717, 1.165) is 0 Å². The normalized spacial score (nSPS) is 10.2. The van der Waals surface area contributed by atoms with Crippen LogP contribution in [0.15, 0.2) is 24.4 Å². The number of hydrogen-bond donors (Lipinski definition) is 2. The van der Waals surface area contributed by atoms with E-state index < -0.39 is 0 Å². The van der Waals surface area contributed by atoms with Gasteiger partial charge in [-0.05, 0) is 12.1 Å². The molecular weight excluding hydrogens is 242 g/mol. The van der Waals surface area contributed by atoms with Crippen molar-refractivity contribution in [3.05, 3.63) is 35.1 Å². The second kappa shape index (κ2) is 4.42. The fourth-order valence-corrected chi connectivity index (χ4v) is 1.46. The highest BCUT2D eigenvalue weighted by atomic mass is 35.5. The first kappa shape index (κ1) is 11.4. The molecule has 6 nitrogen and oxygen atoms in total. The number of carbonyl (C=O) groups excluding carboxylic acids is 1. The third-order valence-electron chi connectivity index (χ3n) is 2.11. The van der Waals surface area contributed by atoms with E-state index in [4.69, 9.17) is 17.3 Å². The zero-order chi connectivity index (χ0) is 12.4. The molecule has 0 aliphatic heterocycles. The molecule has 0 saturated heterocycles. The molecule has 0 aliphatic carbocycles. The van der Waals surface area contributed by atoms with Crippen molar-refractivity contribution in [1.29, 1.82) is 0 Å². The topological polar surface area (TPSA) is 85.8 Å². The van der Waals surface area contributed by atoms with Crippen LogP contribution < -0.4 is 11.1 Å². The van der Waals surface area contributed by atoms with Gasteiger partial charge in [0.2, 0.25) is 0 Å². The zero-order valence-electron chi connectivity index (χ0n) is 9.01. The molecule has 0 aliphatic rings. The zero-order valence-corrected chi connectivity index (χ0v) is 9.77. The monoisotopic (exact) mass is 251 g/mol. The van der Waals surface area contributed by atoms with Crippen LogP contribution >= 0.6 is 11.6 Å². The number of nitrogens with zero attached hydrogens (tertiary/aromatic N) is 3. The van der Waals surface area contributed by atoms with Crippen LogP contribution in [0.2, 0.25) is 5.02 Å². The molecule has 0 bridgehead atoms. The molecule has 88 valence electrons. The third-order valence-corrected chi connectivity index (χ3v) is 2.53. The maximum atomic E-state index is 11.8. The van der Waals surface area contributed by atoms with Crippen LogP contribution in [0, 0.1) is 0 Å². The highest BCUT2D eigenvalue weighted by Gasteiger charge is 2.12. The van der Waals surface area contributed by atoms with Gasteiger partial charge in [-0.25, -0.2) is 0 Å². The van der Waals surface area contributed by atoms with Crippen molar-refractivity contribution < 1.29 is 4.79 Å². The summed E-state index contributed by atoms with van der Waals surface area (Å²) in [5.41, 5.74) is 6.69. The van der Waals surface area contributed by atoms with Gasteiger partial charge in [-0.2, -0.15) is 0 Å². The number of aromatic nitrogens is 3. The Morgan fingerprint density at radius 1 is 1.53 bits per heavy atom. The fourth-order valence-electron chi connectivity index (χ4n) is 1.28. The molecule has 7 heteroatoms. The van der Waals surface area contributed by atoms with Gasteiger partial charge in [0.1, 0.15) is 0 Å². The molecule has 1 heterocycles. The Hall–Kier alpha value is -2.08. The van der Waals surface area contributed by atoms with Gasteiger partial charge in [-0.3, -0.25) is 9.48 Å². The van der Waals surface area contributed by atoms with Crippen LogP contribution in [-0.4, -0.2) is 20.9 Å². The van der Waals surface area contributed by atoms with Crippen LogP contribution in [0.25, 0.3) is 0 Å². The first-order valence-corrected chi connectivity index (χ1v) is 5.17. The lowest BCUT2D eigenvalue weighted by atomic mass is 10.2. The van der Waals surface area contributed by atoms with Gasteiger partial charge >= 0.3 is 0 Å². The van der Waals surface area contributed by atoms with Gasteiger partial charge in [0.15, 0.2) is 5.69 Å². The van der Waals surface area contributed by atoms with Crippen molar-refractivity contribution in [2.45, 2.75) is 0 Å². The second-order valence-electron chi connectivity index (χ2n) is 3.44. The number of nitrogens with two attached hydrogens (primary N) is 1. The molecule has 0 radical (unpaired) electrons. The number of nitrogens with one attached hydrogen (secondary N) is 1. The van der Waals surface area contributed by atoms with Crippen molar-refractivity contribution >= 4 is 28.9 Å². The quantitative estimate of drug-likeness (QED) is 0.788. The summed E-state index contributed by atoms with van der Waals surface area (Å²) >= 11 is 5.95. The summed E-state index contributed by atoms with van der Waals surface area (Å²) in [5, 5.41) is 10.3. The average molecular weight is 252 g/mol. The van der Waals surface area contributed by atoms with Gasteiger partial charge in [0.05, 0.1) is 22.6 Å². The summed E-state index contributed by atoms with van der Waals surface area (Å²) in [6.45, 7) is 0. The lowest BCUT2D eigenvalue weighted by Crippen LogP contribution is -2.13. The Bertz CT molecular complexity index is 566. The van der Waals surface area contributed by atoms with Crippen LogP contribution in [0.4, 0.5) is 11.4 Å². The number of amides is 1. The van der Waals surface area contributed by atoms with Gasteiger partial charge in [-0.15, -0.1) is 5.10 Å². The molecule has 0 atom stereocenters. The number of aryl methyl sites for hydroxylation is 1.